The lowest BCUT2D eigenvalue weighted by Gasteiger charge is -2.00. The summed E-state index contributed by atoms with van der Waals surface area (Å²) in [6.07, 6.45) is 3.08. The van der Waals surface area contributed by atoms with Crippen molar-refractivity contribution >= 4 is 12.0 Å². The second kappa shape index (κ2) is 4.43. The Hall–Kier alpha value is -1.81. The molecule has 74 valence electrons. The molecule has 1 aromatic carbocycles. The maximum atomic E-state index is 10.5. The highest BCUT2D eigenvalue weighted by Gasteiger charge is 2.08. The Morgan fingerprint density at radius 2 is 2.14 bits per heavy atom. The van der Waals surface area contributed by atoms with Crippen LogP contribution in [0.15, 0.2) is 24.3 Å². The molecule has 0 aliphatic carbocycles. The first kappa shape index (κ1) is 10.3. The molecule has 0 unspecified atom stereocenters. The second-order valence-electron chi connectivity index (χ2n) is 2.67. The van der Waals surface area contributed by atoms with Gasteiger partial charge in [0.05, 0.1) is 6.61 Å². The van der Waals surface area contributed by atoms with Crippen molar-refractivity contribution in [2.24, 2.45) is 0 Å². The summed E-state index contributed by atoms with van der Waals surface area (Å²) in [6.45, 7) is -0.0958. The van der Waals surface area contributed by atoms with Crippen LogP contribution in [0.25, 0.3) is 6.08 Å². The molecule has 0 spiro atoms. The number of phenols is 1. The maximum Gasteiger partial charge on any atom is 0.339 e. The first-order valence-electron chi connectivity index (χ1n) is 3.99. The molecule has 0 fully saturated rings. The van der Waals surface area contributed by atoms with Gasteiger partial charge in [-0.1, -0.05) is 18.2 Å². The number of carbonyl (C=O) groups is 1. The molecule has 0 amide bonds. The van der Waals surface area contributed by atoms with Crippen LogP contribution < -0.4 is 0 Å². The SMILES string of the molecule is O=C(O)c1ccc(C=CCO)cc1O. The Morgan fingerprint density at radius 1 is 1.43 bits per heavy atom. The molecular weight excluding hydrogens is 184 g/mol. The smallest absolute Gasteiger partial charge is 0.339 e. The van der Waals surface area contributed by atoms with Crippen molar-refractivity contribution in [1.82, 2.24) is 0 Å². The number of aliphatic hydroxyl groups excluding tert-OH is 1. The van der Waals surface area contributed by atoms with E-state index in [1.807, 2.05) is 0 Å². The molecule has 14 heavy (non-hydrogen) atoms. The Kier molecular flexibility index (Phi) is 3.25. The summed E-state index contributed by atoms with van der Waals surface area (Å²) in [5, 5.41) is 26.4. The van der Waals surface area contributed by atoms with Gasteiger partial charge in [0.2, 0.25) is 0 Å². The van der Waals surface area contributed by atoms with Crippen LogP contribution >= 0.6 is 0 Å². The molecule has 0 saturated carbocycles. The molecule has 0 bridgehead atoms. The van der Waals surface area contributed by atoms with Crippen LogP contribution in [0.4, 0.5) is 0 Å². The van der Waals surface area contributed by atoms with E-state index in [1.165, 1.54) is 18.2 Å². The number of aromatic carboxylic acids is 1. The molecule has 0 heterocycles. The lowest BCUT2D eigenvalue weighted by molar-refractivity contribution is 0.0694. The molecule has 4 nitrogen and oxygen atoms in total. The molecule has 0 saturated heterocycles. The third-order valence-electron chi connectivity index (χ3n) is 1.67. The van der Waals surface area contributed by atoms with Gasteiger partial charge in [0.15, 0.2) is 0 Å². The van der Waals surface area contributed by atoms with Crippen molar-refractivity contribution < 1.29 is 20.1 Å². The van der Waals surface area contributed by atoms with Crippen LogP contribution in [-0.4, -0.2) is 27.9 Å². The van der Waals surface area contributed by atoms with Crippen molar-refractivity contribution in [2.45, 2.75) is 0 Å². The lowest BCUT2D eigenvalue weighted by atomic mass is 10.1. The van der Waals surface area contributed by atoms with Gasteiger partial charge in [-0.05, 0) is 17.7 Å². The van der Waals surface area contributed by atoms with Crippen LogP contribution in [0.2, 0.25) is 0 Å². The van der Waals surface area contributed by atoms with Gasteiger partial charge in [0, 0.05) is 0 Å². The first-order chi connectivity index (χ1) is 6.65. The molecular formula is C10H10O4. The Balaban J connectivity index is 3.00. The summed E-state index contributed by atoms with van der Waals surface area (Å²) in [5.74, 6) is -1.45. The molecule has 1 rings (SSSR count). The van der Waals surface area contributed by atoms with Gasteiger partial charge in [-0.3, -0.25) is 0 Å². The molecule has 1 aromatic rings. The fraction of sp³-hybridized carbons (Fsp3) is 0.100. The third-order valence-corrected chi connectivity index (χ3v) is 1.67. The Labute approximate surface area is 80.7 Å². The van der Waals surface area contributed by atoms with E-state index in [0.29, 0.717) is 5.56 Å². The molecule has 0 aliphatic rings. The monoisotopic (exact) mass is 194 g/mol. The van der Waals surface area contributed by atoms with Crippen LogP contribution in [-0.2, 0) is 0 Å². The Bertz CT molecular complexity index is 368. The van der Waals surface area contributed by atoms with Gasteiger partial charge in [0.1, 0.15) is 11.3 Å². The first-order valence-corrected chi connectivity index (χ1v) is 3.99. The molecule has 3 N–H and O–H groups in total. The largest absolute Gasteiger partial charge is 0.507 e. The lowest BCUT2D eigenvalue weighted by Crippen LogP contribution is -1.96. The summed E-state index contributed by atoms with van der Waals surface area (Å²) in [7, 11) is 0. The molecule has 0 atom stereocenters. The minimum Gasteiger partial charge on any atom is -0.507 e. The summed E-state index contributed by atoms with van der Waals surface area (Å²) >= 11 is 0. The zero-order valence-corrected chi connectivity index (χ0v) is 7.34. The topological polar surface area (TPSA) is 77.8 Å². The third kappa shape index (κ3) is 2.34. The molecule has 0 aromatic heterocycles. The number of rotatable bonds is 3. The van der Waals surface area contributed by atoms with Crippen LogP contribution in [0.5, 0.6) is 5.75 Å². The van der Waals surface area contributed by atoms with E-state index in [9.17, 15) is 9.90 Å². The standard InChI is InChI=1S/C10H10O4/c11-5-1-2-7-3-4-8(10(13)14)9(12)6-7/h1-4,6,11-12H,5H2,(H,13,14). The average Bonchev–Trinajstić information content (AvgIpc) is 2.14. The molecule has 4 heteroatoms. The van der Waals surface area contributed by atoms with E-state index in [-0.39, 0.29) is 17.9 Å². The summed E-state index contributed by atoms with van der Waals surface area (Å²) in [4.78, 5) is 10.5. The zero-order valence-electron chi connectivity index (χ0n) is 7.34. The number of benzene rings is 1. The van der Waals surface area contributed by atoms with Crippen molar-refractivity contribution in [2.75, 3.05) is 6.61 Å². The average molecular weight is 194 g/mol. The predicted octanol–water partition coefficient (Wildman–Crippen LogP) is 1.10. The summed E-state index contributed by atoms with van der Waals surface area (Å²) < 4.78 is 0. The fourth-order valence-electron chi connectivity index (χ4n) is 1.02. The normalized spacial score (nSPS) is 10.6. The van der Waals surface area contributed by atoms with E-state index < -0.39 is 5.97 Å². The number of aliphatic hydroxyl groups is 1. The van der Waals surface area contributed by atoms with E-state index in [2.05, 4.69) is 0 Å². The number of carboxylic acid groups (broad SMARTS) is 1. The van der Waals surface area contributed by atoms with Gasteiger partial charge in [0.25, 0.3) is 0 Å². The van der Waals surface area contributed by atoms with Crippen molar-refractivity contribution in [1.29, 1.82) is 0 Å². The van der Waals surface area contributed by atoms with Crippen molar-refractivity contribution in [3.8, 4) is 5.75 Å². The van der Waals surface area contributed by atoms with E-state index in [0.717, 1.165) is 0 Å². The summed E-state index contributed by atoms with van der Waals surface area (Å²) in [5.41, 5.74) is 0.507. The van der Waals surface area contributed by atoms with Crippen molar-refractivity contribution in [3.63, 3.8) is 0 Å². The second-order valence-corrected chi connectivity index (χ2v) is 2.67. The van der Waals surface area contributed by atoms with Crippen LogP contribution in [0.3, 0.4) is 0 Å². The van der Waals surface area contributed by atoms with Crippen molar-refractivity contribution in [3.05, 3.63) is 35.4 Å². The van der Waals surface area contributed by atoms with Gasteiger partial charge in [-0.2, -0.15) is 0 Å². The minimum atomic E-state index is -1.17. The van der Waals surface area contributed by atoms with Gasteiger partial charge < -0.3 is 15.3 Å². The zero-order chi connectivity index (χ0) is 10.6. The van der Waals surface area contributed by atoms with Gasteiger partial charge in [-0.25, -0.2) is 4.79 Å². The number of carboxylic acids is 1. The highest BCUT2D eigenvalue weighted by atomic mass is 16.4. The van der Waals surface area contributed by atoms with Gasteiger partial charge >= 0.3 is 5.97 Å². The van der Waals surface area contributed by atoms with E-state index >= 15 is 0 Å². The van der Waals surface area contributed by atoms with Crippen LogP contribution in [0, 0.1) is 0 Å². The Morgan fingerprint density at radius 3 is 2.64 bits per heavy atom. The van der Waals surface area contributed by atoms with E-state index in [4.69, 9.17) is 10.2 Å². The fourth-order valence-corrected chi connectivity index (χ4v) is 1.02. The number of hydrogen-bond acceptors (Lipinski definition) is 3. The summed E-state index contributed by atoms with van der Waals surface area (Å²) in [6, 6.07) is 4.19. The van der Waals surface area contributed by atoms with Crippen LogP contribution in [0.1, 0.15) is 15.9 Å². The predicted molar refractivity (Wildman–Crippen MR) is 51.2 cm³/mol. The minimum absolute atomic E-state index is 0.0958. The quantitative estimate of drug-likeness (QED) is 0.673. The van der Waals surface area contributed by atoms with Gasteiger partial charge in [-0.15, -0.1) is 0 Å². The highest BCUT2D eigenvalue weighted by molar-refractivity contribution is 5.91. The number of aromatic hydroxyl groups is 1. The number of hydrogen-bond donors (Lipinski definition) is 3. The molecule has 0 aliphatic heterocycles. The van der Waals surface area contributed by atoms with E-state index in [1.54, 1.807) is 12.1 Å². The molecule has 0 radical (unpaired) electrons. The maximum absolute atomic E-state index is 10.5. The highest BCUT2D eigenvalue weighted by Crippen LogP contribution is 2.19.